The summed E-state index contributed by atoms with van der Waals surface area (Å²) >= 11 is 3.49. The van der Waals surface area contributed by atoms with E-state index in [0.717, 1.165) is 17.6 Å². The fourth-order valence-electron chi connectivity index (χ4n) is 2.48. The fourth-order valence-corrected chi connectivity index (χ4v) is 2.75. The van der Waals surface area contributed by atoms with Crippen LogP contribution in [0.25, 0.3) is 0 Å². The van der Waals surface area contributed by atoms with Gasteiger partial charge in [0.1, 0.15) is 0 Å². The molecular formula is C13H18BrN. The monoisotopic (exact) mass is 267 g/mol. The van der Waals surface area contributed by atoms with Gasteiger partial charge >= 0.3 is 0 Å². The Hall–Kier alpha value is -0.340. The first-order valence-corrected chi connectivity index (χ1v) is 6.35. The van der Waals surface area contributed by atoms with Gasteiger partial charge in [-0.05, 0) is 42.0 Å². The maximum Gasteiger partial charge on any atom is 0.0175 e. The van der Waals surface area contributed by atoms with Crippen molar-refractivity contribution >= 4 is 15.9 Å². The summed E-state index contributed by atoms with van der Waals surface area (Å²) in [6.07, 6.45) is 1.24. The second-order valence-electron chi connectivity index (χ2n) is 5.06. The average Bonchev–Trinajstić information content (AvgIpc) is 2.19. The number of hydrogen-bond acceptors (Lipinski definition) is 1. The molecule has 1 aromatic rings. The van der Waals surface area contributed by atoms with E-state index in [1.165, 1.54) is 12.0 Å². The molecule has 2 rings (SSSR count). The maximum atomic E-state index is 3.49. The molecule has 1 aliphatic rings. The molecule has 0 bridgehead atoms. The maximum absolute atomic E-state index is 3.49. The molecule has 0 aliphatic carbocycles. The van der Waals surface area contributed by atoms with Crippen molar-refractivity contribution in [2.24, 2.45) is 5.41 Å². The van der Waals surface area contributed by atoms with E-state index in [-0.39, 0.29) is 0 Å². The highest BCUT2D eigenvalue weighted by Gasteiger charge is 2.32. The van der Waals surface area contributed by atoms with Crippen LogP contribution in [-0.2, 0) is 0 Å². The molecule has 1 heterocycles. The summed E-state index contributed by atoms with van der Waals surface area (Å²) in [5, 5.41) is 3.48. The molecule has 1 saturated heterocycles. The van der Waals surface area contributed by atoms with E-state index in [9.17, 15) is 0 Å². The number of nitrogens with one attached hydrogen (secondary N) is 1. The Morgan fingerprint density at radius 3 is 2.53 bits per heavy atom. The topological polar surface area (TPSA) is 12.0 Å². The van der Waals surface area contributed by atoms with Crippen LogP contribution in [0.3, 0.4) is 0 Å². The van der Waals surface area contributed by atoms with Gasteiger partial charge in [0.25, 0.3) is 0 Å². The predicted octanol–water partition coefficient (Wildman–Crippen LogP) is 3.55. The number of rotatable bonds is 1. The Labute approximate surface area is 100 Å². The Balaban J connectivity index is 2.25. The SMILES string of the molecule is CC1(C)CNCCC1c1ccc(Br)cc1. The molecular weight excluding hydrogens is 250 g/mol. The van der Waals surface area contributed by atoms with Crippen molar-refractivity contribution in [2.45, 2.75) is 26.2 Å². The Morgan fingerprint density at radius 2 is 1.93 bits per heavy atom. The van der Waals surface area contributed by atoms with Crippen LogP contribution in [0, 0.1) is 5.41 Å². The zero-order chi connectivity index (χ0) is 10.9. The largest absolute Gasteiger partial charge is 0.316 e. The normalized spacial score (nSPS) is 25.1. The lowest BCUT2D eigenvalue weighted by Crippen LogP contribution is -2.41. The summed E-state index contributed by atoms with van der Waals surface area (Å²) in [5.74, 6) is 0.687. The average molecular weight is 268 g/mol. The van der Waals surface area contributed by atoms with Gasteiger partial charge in [0.2, 0.25) is 0 Å². The first kappa shape index (κ1) is 11.2. The number of benzene rings is 1. The molecule has 82 valence electrons. The molecule has 0 amide bonds. The van der Waals surface area contributed by atoms with Gasteiger partial charge in [0.05, 0.1) is 0 Å². The van der Waals surface area contributed by atoms with Gasteiger partial charge < -0.3 is 5.32 Å². The molecule has 1 aliphatic heterocycles. The summed E-state index contributed by atoms with van der Waals surface area (Å²) in [6, 6.07) is 8.80. The first-order chi connectivity index (χ1) is 7.09. The van der Waals surface area contributed by atoms with Crippen molar-refractivity contribution in [3.05, 3.63) is 34.3 Å². The highest BCUT2D eigenvalue weighted by atomic mass is 79.9. The Morgan fingerprint density at radius 1 is 1.27 bits per heavy atom. The highest BCUT2D eigenvalue weighted by Crippen LogP contribution is 2.39. The van der Waals surface area contributed by atoms with Crippen LogP contribution in [0.5, 0.6) is 0 Å². The molecule has 1 fully saturated rings. The van der Waals surface area contributed by atoms with Gasteiger partial charge in [0.15, 0.2) is 0 Å². The van der Waals surface area contributed by atoms with Gasteiger partial charge in [0, 0.05) is 11.0 Å². The lowest BCUT2D eigenvalue weighted by Gasteiger charge is -2.39. The predicted molar refractivity (Wildman–Crippen MR) is 68.2 cm³/mol. The van der Waals surface area contributed by atoms with E-state index in [0.29, 0.717) is 11.3 Å². The van der Waals surface area contributed by atoms with Crippen LogP contribution in [0.2, 0.25) is 0 Å². The third-order valence-corrected chi connectivity index (χ3v) is 3.93. The first-order valence-electron chi connectivity index (χ1n) is 5.56. The van der Waals surface area contributed by atoms with E-state index in [1.807, 2.05) is 0 Å². The smallest absolute Gasteiger partial charge is 0.0175 e. The van der Waals surface area contributed by atoms with Crippen LogP contribution in [0.4, 0.5) is 0 Å². The van der Waals surface area contributed by atoms with Crippen LogP contribution in [-0.4, -0.2) is 13.1 Å². The van der Waals surface area contributed by atoms with E-state index < -0.39 is 0 Å². The number of halogens is 1. The molecule has 1 nitrogen and oxygen atoms in total. The third kappa shape index (κ3) is 2.43. The zero-order valence-electron chi connectivity index (χ0n) is 9.39. The summed E-state index contributed by atoms with van der Waals surface area (Å²) in [6.45, 7) is 6.97. The Kier molecular flexibility index (Phi) is 3.17. The van der Waals surface area contributed by atoms with Gasteiger partial charge in [-0.15, -0.1) is 0 Å². The summed E-state index contributed by atoms with van der Waals surface area (Å²) in [7, 11) is 0. The summed E-state index contributed by atoms with van der Waals surface area (Å²) in [5.41, 5.74) is 1.84. The minimum absolute atomic E-state index is 0.367. The summed E-state index contributed by atoms with van der Waals surface area (Å²) < 4.78 is 1.16. The molecule has 2 heteroatoms. The molecule has 1 unspecified atom stereocenters. The van der Waals surface area contributed by atoms with Crippen LogP contribution in [0.15, 0.2) is 28.7 Å². The lowest BCUT2D eigenvalue weighted by atomic mass is 9.71. The minimum Gasteiger partial charge on any atom is -0.316 e. The van der Waals surface area contributed by atoms with Crippen molar-refractivity contribution < 1.29 is 0 Å². The molecule has 15 heavy (non-hydrogen) atoms. The van der Waals surface area contributed by atoms with Crippen LogP contribution in [0.1, 0.15) is 31.7 Å². The van der Waals surface area contributed by atoms with Crippen molar-refractivity contribution in [1.82, 2.24) is 5.32 Å². The van der Waals surface area contributed by atoms with E-state index in [2.05, 4.69) is 59.4 Å². The molecule has 1 atom stereocenters. The van der Waals surface area contributed by atoms with E-state index >= 15 is 0 Å². The second kappa shape index (κ2) is 4.26. The van der Waals surface area contributed by atoms with Crippen molar-refractivity contribution in [3.8, 4) is 0 Å². The van der Waals surface area contributed by atoms with Gasteiger partial charge in [-0.1, -0.05) is 41.9 Å². The Bertz CT molecular complexity index is 329. The zero-order valence-corrected chi connectivity index (χ0v) is 11.0. The number of piperidine rings is 1. The van der Waals surface area contributed by atoms with Crippen molar-refractivity contribution in [1.29, 1.82) is 0 Å². The van der Waals surface area contributed by atoms with E-state index in [4.69, 9.17) is 0 Å². The fraction of sp³-hybridized carbons (Fsp3) is 0.538. The van der Waals surface area contributed by atoms with Gasteiger partial charge in [-0.3, -0.25) is 0 Å². The quantitative estimate of drug-likeness (QED) is 0.821. The minimum atomic E-state index is 0.367. The molecule has 1 N–H and O–H groups in total. The van der Waals surface area contributed by atoms with Crippen LogP contribution >= 0.6 is 15.9 Å². The third-order valence-electron chi connectivity index (χ3n) is 3.41. The highest BCUT2D eigenvalue weighted by molar-refractivity contribution is 9.10. The molecule has 1 aromatic carbocycles. The summed E-state index contributed by atoms with van der Waals surface area (Å²) in [4.78, 5) is 0. The molecule has 0 spiro atoms. The van der Waals surface area contributed by atoms with Gasteiger partial charge in [-0.25, -0.2) is 0 Å². The van der Waals surface area contributed by atoms with Crippen molar-refractivity contribution in [3.63, 3.8) is 0 Å². The van der Waals surface area contributed by atoms with Crippen molar-refractivity contribution in [2.75, 3.05) is 13.1 Å². The molecule has 0 aromatic heterocycles. The standard InChI is InChI=1S/C13H18BrN/c1-13(2)9-15-8-7-12(13)10-3-5-11(14)6-4-10/h3-6,12,15H,7-9H2,1-2H3. The van der Waals surface area contributed by atoms with Crippen LogP contribution < -0.4 is 5.32 Å². The number of hydrogen-bond donors (Lipinski definition) is 1. The van der Waals surface area contributed by atoms with Gasteiger partial charge in [-0.2, -0.15) is 0 Å². The lowest BCUT2D eigenvalue weighted by molar-refractivity contribution is 0.219. The molecule has 0 saturated carbocycles. The molecule has 0 radical (unpaired) electrons. The van der Waals surface area contributed by atoms with E-state index in [1.54, 1.807) is 0 Å². The second-order valence-corrected chi connectivity index (χ2v) is 5.97.